The van der Waals surface area contributed by atoms with Crippen molar-refractivity contribution in [2.45, 2.75) is 48.3 Å². The van der Waals surface area contributed by atoms with Gasteiger partial charge in [0.25, 0.3) is 0 Å². The van der Waals surface area contributed by atoms with Gasteiger partial charge in [-0.3, -0.25) is 4.79 Å². The first-order valence-electron chi connectivity index (χ1n) is 15.6. The van der Waals surface area contributed by atoms with E-state index in [1.54, 1.807) is 11.8 Å². The lowest BCUT2D eigenvalue weighted by molar-refractivity contribution is -0.118. The Morgan fingerprint density at radius 2 is 1.59 bits per heavy atom. The molecular formula is C37H40BrN3O4S. The molecule has 9 heteroatoms. The highest BCUT2D eigenvalue weighted by atomic mass is 79.9. The summed E-state index contributed by atoms with van der Waals surface area (Å²) in [5, 5.41) is 9.43. The number of methoxy groups -OCH3 is 1. The highest BCUT2D eigenvalue weighted by Gasteiger charge is 2.28. The fraction of sp³-hybridized carbons (Fsp3) is 0.297. The van der Waals surface area contributed by atoms with Crippen LogP contribution in [0.2, 0.25) is 0 Å². The van der Waals surface area contributed by atoms with Crippen molar-refractivity contribution >= 4 is 45.4 Å². The van der Waals surface area contributed by atoms with Crippen LogP contribution in [0.4, 0.5) is 10.5 Å². The molecule has 7 nitrogen and oxygen atoms in total. The van der Waals surface area contributed by atoms with Crippen molar-refractivity contribution < 1.29 is 19.1 Å². The quantitative estimate of drug-likeness (QED) is 0.126. The molecule has 0 saturated carbocycles. The number of ether oxygens (including phenoxy) is 2. The van der Waals surface area contributed by atoms with Crippen LogP contribution in [-0.4, -0.2) is 56.2 Å². The molecule has 0 bridgehead atoms. The highest BCUT2D eigenvalue weighted by molar-refractivity contribution is 9.10. The van der Waals surface area contributed by atoms with Gasteiger partial charge >= 0.3 is 6.09 Å². The Labute approximate surface area is 284 Å². The molecule has 4 aromatic carbocycles. The second kappa shape index (κ2) is 17.3. The van der Waals surface area contributed by atoms with Crippen LogP contribution in [0.1, 0.15) is 35.4 Å². The number of para-hydroxylation sites is 1. The van der Waals surface area contributed by atoms with E-state index in [0.29, 0.717) is 6.42 Å². The number of thioether (sulfide) groups is 1. The van der Waals surface area contributed by atoms with Gasteiger partial charge in [0, 0.05) is 39.8 Å². The molecule has 1 fully saturated rings. The van der Waals surface area contributed by atoms with Gasteiger partial charge < -0.3 is 25.4 Å². The number of hydrogen-bond donors (Lipinski definition) is 3. The van der Waals surface area contributed by atoms with Crippen molar-refractivity contribution in [1.29, 1.82) is 0 Å². The number of hydrogen-bond acceptors (Lipinski definition) is 6. The zero-order chi connectivity index (χ0) is 32.1. The summed E-state index contributed by atoms with van der Waals surface area (Å²) < 4.78 is 12.4. The van der Waals surface area contributed by atoms with E-state index in [2.05, 4.69) is 44.0 Å². The Kier molecular flexibility index (Phi) is 12.7. The SMILES string of the molecule is COC(=O)N[C@@H](CC(c1ccccc1)c1ccccc1)C(=O)Nc1ccccc1CC[C@@H]1CNC[C@@H](CSc2cccc(Br)c2)O1. The third kappa shape index (κ3) is 9.93. The minimum absolute atomic E-state index is 0.0665. The number of amides is 2. The molecule has 3 N–H and O–H groups in total. The molecule has 46 heavy (non-hydrogen) atoms. The molecule has 0 aliphatic carbocycles. The number of carbonyl (C=O) groups excluding carboxylic acids is 2. The lowest BCUT2D eigenvalue weighted by Gasteiger charge is -2.31. The molecule has 240 valence electrons. The van der Waals surface area contributed by atoms with E-state index in [1.165, 1.54) is 12.0 Å². The third-order valence-electron chi connectivity index (χ3n) is 8.04. The monoisotopic (exact) mass is 701 g/mol. The van der Waals surface area contributed by atoms with E-state index in [0.717, 1.165) is 58.5 Å². The standard InChI is InChI=1S/C37H40BrN3O4S/c1-44-37(43)41-35(22-33(26-11-4-2-5-12-26)27-13-6-3-7-14-27)36(42)40-34-18-9-8-15-28(34)19-20-30-23-39-24-31(45-30)25-46-32-17-10-16-29(38)21-32/h2-18,21,30-31,33,35,39H,19-20,22-25H2,1H3,(H,40,42)(H,41,43)/t30-,31+,35+/m1/s1. The van der Waals surface area contributed by atoms with Crippen molar-refractivity contribution in [3.05, 3.63) is 130 Å². The van der Waals surface area contributed by atoms with E-state index in [4.69, 9.17) is 9.47 Å². The van der Waals surface area contributed by atoms with Gasteiger partial charge in [-0.15, -0.1) is 11.8 Å². The van der Waals surface area contributed by atoms with Crippen LogP contribution in [0.3, 0.4) is 0 Å². The smallest absolute Gasteiger partial charge is 0.407 e. The first-order valence-corrected chi connectivity index (χ1v) is 17.3. The van der Waals surface area contributed by atoms with Gasteiger partial charge in [0.15, 0.2) is 0 Å². The number of carbonyl (C=O) groups is 2. The number of rotatable bonds is 13. The number of morpholine rings is 1. The fourth-order valence-corrected chi connectivity index (χ4v) is 7.20. The number of anilines is 1. The first kappa shape index (κ1) is 33.7. The average molecular weight is 703 g/mol. The van der Waals surface area contributed by atoms with Crippen LogP contribution in [0, 0.1) is 0 Å². The Balaban J connectivity index is 1.24. The number of halogens is 1. The second-order valence-electron chi connectivity index (χ2n) is 11.3. The molecule has 0 unspecified atom stereocenters. The molecule has 1 saturated heterocycles. The number of aryl methyl sites for hydroxylation is 1. The Hall–Kier alpha value is -3.63. The Morgan fingerprint density at radius 3 is 2.28 bits per heavy atom. The van der Waals surface area contributed by atoms with E-state index in [1.807, 2.05) is 97.1 Å². The minimum Gasteiger partial charge on any atom is -0.453 e. The van der Waals surface area contributed by atoms with Crippen molar-refractivity contribution in [3.8, 4) is 0 Å². The molecular weight excluding hydrogens is 662 g/mol. The van der Waals surface area contributed by atoms with Crippen LogP contribution in [0.15, 0.2) is 119 Å². The maximum atomic E-state index is 13.9. The van der Waals surface area contributed by atoms with Crippen LogP contribution in [0.25, 0.3) is 0 Å². The van der Waals surface area contributed by atoms with Crippen molar-refractivity contribution in [2.24, 2.45) is 0 Å². The van der Waals surface area contributed by atoms with Gasteiger partial charge in [-0.25, -0.2) is 4.79 Å². The van der Waals surface area contributed by atoms with Crippen LogP contribution >= 0.6 is 27.7 Å². The van der Waals surface area contributed by atoms with E-state index < -0.39 is 12.1 Å². The Morgan fingerprint density at radius 1 is 0.913 bits per heavy atom. The first-order chi connectivity index (χ1) is 22.5. The van der Waals surface area contributed by atoms with Gasteiger partial charge in [0.05, 0.1) is 19.3 Å². The summed E-state index contributed by atoms with van der Waals surface area (Å²) in [7, 11) is 1.30. The molecule has 0 radical (unpaired) electrons. The third-order valence-corrected chi connectivity index (χ3v) is 9.66. The van der Waals surface area contributed by atoms with E-state index >= 15 is 0 Å². The van der Waals surface area contributed by atoms with Gasteiger partial charge in [-0.1, -0.05) is 101 Å². The van der Waals surface area contributed by atoms with E-state index in [9.17, 15) is 9.59 Å². The van der Waals surface area contributed by atoms with Gasteiger partial charge in [-0.05, 0) is 60.2 Å². The van der Waals surface area contributed by atoms with Crippen molar-refractivity contribution in [2.75, 3.05) is 31.3 Å². The molecule has 3 atom stereocenters. The highest BCUT2D eigenvalue weighted by Crippen LogP contribution is 2.30. The zero-order valence-electron chi connectivity index (χ0n) is 25.9. The summed E-state index contributed by atoms with van der Waals surface area (Å²) in [6.07, 6.45) is 1.44. The largest absolute Gasteiger partial charge is 0.453 e. The molecule has 1 aliphatic heterocycles. The van der Waals surface area contributed by atoms with Crippen LogP contribution < -0.4 is 16.0 Å². The maximum Gasteiger partial charge on any atom is 0.407 e. The van der Waals surface area contributed by atoms with Gasteiger partial charge in [0.2, 0.25) is 5.91 Å². The molecule has 5 rings (SSSR count). The zero-order valence-corrected chi connectivity index (χ0v) is 28.3. The summed E-state index contributed by atoms with van der Waals surface area (Å²) in [6, 6.07) is 35.4. The average Bonchev–Trinajstić information content (AvgIpc) is 3.09. The number of nitrogens with one attached hydrogen (secondary N) is 3. The van der Waals surface area contributed by atoms with Crippen LogP contribution in [-0.2, 0) is 20.7 Å². The summed E-state index contributed by atoms with van der Waals surface area (Å²) in [4.78, 5) is 27.5. The molecule has 1 aliphatic rings. The molecule has 1 heterocycles. The summed E-state index contributed by atoms with van der Waals surface area (Å²) in [5.74, 6) is 0.458. The van der Waals surface area contributed by atoms with Gasteiger partial charge in [0.1, 0.15) is 6.04 Å². The molecule has 4 aromatic rings. The Bertz CT molecular complexity index is 1520. The molecule has 0 aromatic heterocycles. The topological polar surface area (TPSA) is 88.7 Å². The van der Waals surface area contributed by atoms with Crippen molar-refractivity contribution in [1.82, 2.24) is 10.6 Å². The fourth-order valence-electron chi connectivity index (χ4n) is 5.69. The van der Waals surface area contributed by atoms with Crippen LogP contribution in [0.5, 0.6) is 0 Å². The predicted octanol–water partition coefficient (Wildman–Crippen LogP) is 7.42. The van der Waals surface area contributed by atoms with E-state index in [-0.39, 0.29) is 24.0 Å². The number of alkyl carbamates (subject to hydrolysis) is 1. The second-order valence-corrected chi connectivity index (χ2v) is 13.3. The van der Waals surface area contributed by atoms with Crippen molar-refractivity contribution in [3.63, 3.8) is 0 Å². The normalized spacial score (nSPS) is 16.8. The lowest BCUT2D eigenvalue weighted by Crippen LogP contribution is -2.46. The molecule has 2 amide bonds. The minimum atomic E-state index is -0.833. The lowest BCUT2D eigenvalue weighted by atomic mass is 9.85. The summed E-state index contributed by atoms with van der Waals surface area (Å²) in [6.45, 7) is 1.61. The summed E-state index contributed by atoms with van der Waals surface area (Å²) in [5.41, 5.74) is 3.87. The molecule has 0 spiro atoms. The number of benzene rings is 4. The van der Waals surface area contributed by atoms with Gasteiger partial charge in [-0.2, -0.15) is 0 Å². The maximum absolute atomic E-state index is 13.9. The predicted molar refractivity (Wildman–Crippen MR) is 188 cm³/mol. The summed E-state index contributed by atoms with van der Waals surface area (Å²) >= 11 is 5.34.